The van der Waals surface area contributed by atoms with E-state index in [0.717, 1.165) is 92.8 Å². The van der Waals surface area contributed by atoms with Gasteiger partial charge in [-0.3, -0.25) is 0 Å². The molecule has 24 heteroatoms. The first-order valence-electron chi connectivity index (χ1n) is 45.4. The molecule has 0 saturated carbocycles. The Morgan fingerprint density at radius 2 is 0.420 bits per heavy atom. The van der Waals surface area contributed by atoms with Crippen molar-refractivity contribution in [2.24, 2.45) is 23.7 Å². The highest BCUT2D eigenvalue weighted by atomic mass is 32.1. The molecule has 15 aromatic rings. The van der Waals surface area contributed by atoms with E-state index >= 15 is 0 Å². The maximum atomic E-state index is 13.3. The third-order valence-electron chi connectivity index (χ3n) is 25.9. The molecule has 0 bridgehead atoms. The van der Waals surface area contributed by atoms with E-state index in [-0.39, 0.29) is 117 Å². The number of aliphatic hydroxyl groups is 4. The monoisotopic (exact) mass is 1920 g/mol. The smallest absolute Gasteiger partial charge is 0.124 e. The van der Waals surface area contributed by atoms with Crippen molar-refractivity contribution in [2.45, 2.75) is 99.9 Å². The van der Waals surface area contributed by atoms with Gasteiger partial charge in [-0.15, -0.1) is 0 Å². The molecule has 0 amide bonds. The summed E-state index contributed by atoms with van der Waals surface area (Å²) in [6.07, 6.45) is 1.32. The summed E-state index contributed by atoms with van der Waals surface area (Å²) in [5.41, 5.74) is 14.1. The second-order valence-electron chi connectivity index (χ2n) is 34.7. The van der Waals surface area contributed by atoms with Crippen LogP contribution in [0.25, 0.3) is 33.4 Å². The molecule has 12 atom stereocenters. The van der Waals surface area contributed by atoms with E-state index in [1.807, 2.05) is 196 Å². The third kappa shape index (κ3) is 22.1. The van der Waals surface area contributed by atoms with Crippen LogP contribution in [0.4, 0.5) is 40.3 Å². The Labute approximate surface area is 819 Å². The minimum Gasteiger partial charge on any atom is -0.508 e. The molecule has 16 nitrogen and oxygen atoms in total. The van der Waals surface area contributed by atoms with E-state index in [1.54, 1.807) is 133 Å². The summed E-state index contributed by atoms with van der Waals surface area (Å²) in [4.78, 5) is 11.2. The highest BCUT2D eigenvalue weighted by molar-refractivity contribution is 7.81. The Hall–Kier alpha value is -14.2. The SMILES string of the molecule is Oc1ccc([C@@H]2[C@@H](CC[C@H](O)c3ccc(F)cc3)C(=S)N2c2ccccc2)c(O)c1.Oc1cccc(-c2ccc(C3C(CCC(O)c4ccc(F)cc4)C(=S)N3c3ccccc3)c(O)c2)c1.Oc1cccc(-c2ccc([C@@H]3[C@@H](CCC(O)c4ccc(F)cc4)C(=S)N3c3ccccc3)c(O)c2)c1.Oc1cccc(-c2ccc([C@@H]3[C@@H](CC[C@H](O)c4ccc(F)cc4)C(=S)N3c3ccccc3)c(O)c2)c1. The summed E-state index contributed by atoms with van der Waals surface area (Å²) < 4.78 is 53.0. The number of phenolic OH excluding ortho intramolecular Hbond substituents is 8. The third-order valence-corrected chi connectivity index (χ3v) is 27.9. The molecule has 12 N–H and O–H groups in total. The zero-order valence-corrected chi connectivity index (χ0v) is 77.8. The lowest BCUT2D eigenvalue weighted by atomic mass is 9.78. The van der Waals surface area contributed by atoms with E-state index in [2.05, 4.69) is 0 Å². The van der Waals surface area contributed by atoms with Crippen molar-refractivity contribution < 1.29 is 78.8 Å². The van der Waals surface area contributed by atoms with Gasteiger partial charge in [0.2, 0.25) is 0 Å². The normalized spacial score (nSPS) is 18.3. The predicted octanol–water partition coefficient (Wildman–Crippen LogP) is 26.0. The van der Waals surface area contributed by atoms with Crippen molar-refractivity contribution in [3.05, 3.63) is 432 Å². The van der Waals surface area contributed by atoms with Gasteiger partial charge in [-0.05, 0) is 271 Å². The number of benzene rings is 15. The molecule has 0 radical (unpaired) electrons. The lowest BCUT2D eigenvalue weighted by Gasteiger charge is -2.50. The molecule has 4 aliphatic rings. The quantitative estimate of drug-likeness (QED) is 0.0169. The number of hydrogen-bond acceptors (Lipinski definition) is 16. The number of halogens is 4. The first-order chi connectivity index (χ1) is 66.7. The van der Waals surface area contributed by atoms with Gasteiger partial charge in [-0.25, -0.2) is 17.6 Å². The van der Waals surface area contributed by atoms with Gasteiger partial charge in [0.15, 0.2) is 0 Å². The summed E-state index contributed by atoms with van der Waals surface area (Å²) in [7, 11) is 0. The summed E-state index contributed by atoms with van der Waals surface area (Å²) in [5.74, 6) is -0.679. The molecule has 4 aliphatic heterocycles. The zero-order valence-electron chi connectivity index (χ0n) is 74.5. The number of anilines is 4. The number of para-hydroxylation sites is 4. The fourth-order valence-electron chi connectivity index (χ4n) is 18.8. The van der Waals surface area contributed by atoms with Crippen LogP contribution in [0.3, 0.4) is 0 Å². The largest absolute Gasteiger partial charge is 0.508 e. The van der Waals surface area contributed by atoms with Crippen LogP contribution >= 0.6 is 48.9 Å². The Kier molecular flexibility index (Phi) is 30.8. The second-order valence-corrected chi connectivity index (χ2v) is 36.3. The molecule has 138 heavy (non-hydrogen) atoms. The molecular weight excluding hydrogens is 1820 g/mol. The molecule has 0 aromatic heterocycles. The van der Waals surface area contributed by atoms with Gasteiger partial charge in [-0.1, -0.05) is 243 Å². The van der Waals surface area contributed by atoms with Gasteiger partial charge in [0, 0.05) is 74.7 Å². The lowest BCUT2D eigenvalue weighted by molar-refractivity contribution is 0.156. The van der Waals surface area contributed by atoms with Gasteiger partial charge < -0.3 is 80.9 Å². The standard InChI is InChI=1S/3C30H26FNO3S.C24H22FNO3S/c3*31-22-12-9-19(10-13-22)27(34)16-15-26-29(32(30(26)36)23-6-2-1-3-7-23)25-14-11-21(18-28(25)35)20-5-4-8-24(33)17-20;25-16-8-6-15(7-9-16)21(28)13-12-20-23(19-11-10-18(27)14-22(19)29)26(24(20)30)17-4-2-1-3-5-17/h3*1-14,17-18,26-27,29,33-35H,15-16H2;1-11,14,20-21,23,27-29H,12-13H2/t26-,27?,29-;26-,27+,29-;;20-,21+,23-/m11.1/s1. The van der Waals surface area contributed by atoms with Crippen molar-refractivity contribution in [3.63, 3.8) is 0 Å². The fourth-order valence-corrected chi connectivity index (χ4v) is 20.6. The zero-order chi connectivity index (χ0) is 97.0. The van der Waals surface area contributed by atoms with E-state index in [1.165, 1.54) is 54.6 Å². The van der Waals surface area contributed by atoms with Gasteiger partial charge in [0.25, 0.3) is 0 Å². The summed E-state index contributed by atoms with van der Waals surface area (Å²) >= 11 is 23.2. The molecule has 700 valence electrons. The van der Waals surface area contributed by atoms with Crippen LogP contribution < -0.4 is 19.6 Å². The van der Waals surface area contributed by atoms with Crippen LogP contribution in [0.2, 0.25) is 0 Å². The Morgan fingerprint density at radius 1 is 0.217 bits per heavy atom. The van der Waals surface area contributed by atoms with Crippen LogP contribution in [0.1, 0.15) is 144 Å². The first-order valence-corrected chi connectivity index (χ1v) is 47.0. The molecule has 0 spiro atoms. The predicted molar refractivity (Wildman–Crippen MR) is 549 cm³/mol. The van der Waals surface area contributed by atoms with Gasteiger partial charge >= 0.3 is 0 Å². The van der Waals surface area contributed by atoms with E-state index in [4.69, 9.17) is 48.9 Å². The Bertz CT molecular complexity index is 6280. The van der Waals surface area contributed by atoms with Crippen LogP contribution in [0.5, 0.6) is 46.0 Å². The molecule has 15 aromatic carbocycles. The van der Waals surface area contributed by atoms with Crippen molar-refractivity contribution in [3.8, 4) is 79.4 Å². The minimum absolute atomic E-state index is 0.00677. The Balaban J connectivity index is 0.000000133. The van der Waals surface area contributed by atoms with Crippen LogP contribution in [-0.2, 0) is 0 Å². The van der Waals surface area contributed by atoms with Crippen LogP contribution in [-0.4, -0.2) is 81.2 Å². The molecule has 19 rings (SSSR count). The topological polar surface area (TPSA) is 256 Å². The maximum Gasteiger partial charge on any atom is 0.124 e. The average Bonchev–Trinajstić information content (AvgIpc) is 0.735. The fraction of sp³-hybridized carbons (Fsp3) is 0.175. The van der Waals surface area contributed by atoms with Gasteiger partial charge in [0.05, 0.1) is 68.5 Å². The number of thiocarbonyl (C=S) groups is 4. The van der Waals surface area contributed by atoms with E-state index in [0.29, 0.717) is 79.2 Å². The van der Waals surface area contributed by atoms with Crippen molar-refractivity contribution >= 4 is 91.6 Å². The Morgan fingerprint density at radius 3 is 0.630 bits per heavy atom. The van der Waals surface area contributed by atoms with Crippen molar-refractivity contribution in [2.75, 3.05) is 19.6 Å². The number of rotatable bonds is 27. The lowest BCUT2D eigenvalue weighted by Crippen LogP contribution is -2.54. The van der Waals surface area contributed by atoms with E-state index < -0.39 is 24.4 Å². The molecule has 4 heterocycles. The number of hydrogen-bond donors (Lipinski definition) is 12. The molecule has 4 fully saturated rings. The van der Waals surface area contributed by atoms with Crippen LogP contribution in [0, 0.1) is 46.9 Å². The first kappa shape index (κ1) is 96.9. The molecule has 4 unspecified atom stereocenters. The molecule has 0 aliphatic carbocycles. The molecular formula is C114H100F4N4O12S4. The average molecular weight is 1920 g/mol. The summed E-state index contributed by atoms with van der Waals surface area (Å²) in [5, 5.41) is 126. The number of nitrogens with zero attached hydrogens (tertiary/aromatic N) is 4. The molecule has 4 saturated heterocycles. The van der Waals surface area contributed by atoms with Crippen molar-refractivity contribution in [1.29, 1.82) is 0 Å². The summed E-state index contributed by atoms with van der Waals surface area (Å²) in [6, 6.07) is 104. The maximum absolute atomic E-state index is 13.3. The highest BCUT2D eigenvalue weighted by Gasteiger charge is 2.51. The van der Waals surface area contributed by atoms with E-state index in [9.17, 15) is 78.8 Å². The number of phenols is 8. The number of aromatic hydroxyl groups is 8. The second kappa shape index (κ2) is 43.9. The summed E-state index contributed by atoms with van der Waals surface area (Å²) in [6.45, 7) is 0. The van der Waals surface area contributed by atoms with Crippen molar-refractivity contribution in [1.82, 2.24) is 0 Å². The minimum atomic E-state index is -0.735. The van der Waals surface area contributed by atoms with Crippen LogP contribution in [0.15, 0.2) is 364 Å². The van der Waals surface area contributed by atoms with Gasteiger partial charge in [-0.2, -0.15) is 0 Å². The van der Waals surface area contributed by atoms with Gasteiger partial charge in [0.1, 0.15) is 69.3 Å². The highest BCUT2D eigenvalue weighted by Crippen LogP contribution is 2.55. The number of aliphatic hydroxyl groups excluding tert-OH is 4.